The minimum atomic E-state index is -3.96. The highest BCUT2D eigenvalue weighted by molar-refractivity contribution is 7.86. The van der Waals surface area contributed by atoms with Crippen LogP contribution in [0.4, 0.5) is 0 Å². The summed E-state index contributed by atoms with van der Waals surface area (Å²) in [5.41, 5.74) is 0. The minimum absolute atomic E-state index is 0.138. The number of allylic oxidation sites excluding steroid dienone is 1. The zero-order valence-corrected chi connectivity index (χ0v) is 28.5. The summed E-state index contributed by atoms with van der Waals surface area (Å²) >= 11 is 0. The van der Waals surface area contributed by atoms with Crippen molar-refractivity contribution < 1.29 is 45.8 Å². The number of rotatable bonds is 14. The normalized spacial score (nSPS) is 33.0. The largest absolute Gasteiger partial charge is 0.408 e. The zero-order valence-electron chi connectivity index (χ0n) is 26.7. The number of ether oxygens (including phenoxy) is 5. The molecule has 0 aromatic carbocycles. The van der Waals surface area contributed by atoms with E-state index in [1.165, 1.54) is 0 Å². The van der Waals surface area contributed by atoms with E-state index in [-0.39, 0.29) is 18.1 Å². The van der Waals surface area contributed by atoms with Gasteiger partial charge in [-0.3, -0.25) is 4.18 Å². The van der Waals surface area contributed by atoms with Crippen LogP contribution in [0, 0.1) is 0 Å². The van der Waals surface area contributed by atoms with E-state index < -0.39 is 72.4 Å². The highest BCUT2D eigenvalue weighted by Crippen LogP contribution is 2.51. The second-order valence-electron chi connectivity index (χ2n) is 13.2. The lowest BCUT2D eigenvalue weighted by Gasteiger charge is -2.43. The van der Waals surface area contributed by atoms with E-state index in [1.54, 1.807) is 6.08 Å². The summed E-state index contributed by atoms with van der Waals surface area (Å²) in [5, 5.41) is 12.1. The summed E-state index contributed by atoms with van der Waals surface area (Å²) < 4.78 is 69.6. The predicted octanol–water partition coefficient (Wildman–Crippen LogP) is 5.01. The molecular weight excluding hydrogens is 568 g/mol. The van der Waals surface area contributed by atoms with Crippen LogP contribution in [0.25, 0.3) is 0 Å². The average Bonchev–Trinajstić information content (AvgIpc) is 3.57. The van der Waals surface area contributed by atoms with E-state index in [0.29, 0.717) is 32.1 Å². The van der Waals surface area contributed by atoms with Gasteiger partial charge < -0.3 is 33.2 Å². The van der Waals surface area contributed by atoms with Crippen LogP contribution < -0.4 is 0 Å². The van der Waals surface area contributed by atoms with Gasteiger partial charge in [0.25, 0.3) is 10.1 Å². The van der Waals surface area contributed by atoms with Crippen molar-refractivity contribution in [2.75, 3.05) is 12.9 Å². The Balaban J connectivity index is 2.13. The fourth-order valence-electron chi connectivity index (χ4n) is 5.68. The summed E-state index contributed by atoms with van der Waals surface area (Å²) in [7, 11) is -6.39. The molecule has 0 aromatic rings. The Hall–Kier alpha value is -0.413. The quantitative estimate of drug-likeness (QED) is 0.161. The Bertz CT molecular complexity index is 1000. The van der Waals surface area contributed by atoms with E-state index in [9.17, 15) is 13.5 Å². The highest BCUT2D eigenvalue weighted by Gasteiger charge is 2.69. The molecule has 12 heteroatoms. The fourth-order valence-corrected chi connectivity index (χ4v) is 7.66. The Morgan fingerprint density at radius 2 is 1.61 bits per heavy atom. The van der Waals surface area contributed by atoms with E-state index >= 15 is 0 Å². The van der Waals surface area contributed by atoms with E-state index in [0.717, 1.165) is 6.26 Å². The zero-order chi connectivity index (χ0) is 31.1. The molecule has 3 saturated heterocycles. The van der Waals surface area contributed by atoms with E-state index in [2.05, 4.69) is 40.4 Å². The van der Waals surface area contributed by atoms with Crippen LogP contribution in [-0.2, 0) is 42.4 Å². The summed E-state index contributed by atoms with van der Waals surface area (Å²) in [5.74, 6) is -3.87. The first kappa shape index (κ1) is 35.1. The van der Waals surface area contributed by atoms with E-state index in [4.69, 9.17) is 32.3 Å². The van der Waals surface area contributed by atoms with Crippen LogP contribution in [0.2, 0.25) is 18.1 Å². The van der Waals surface area contributed by atoms with E-state index in [1.807, 2.05) is 27.7 Å². The molecular formula is C29H54O10SSi. The van der Waals surface area contributed by atoms with Crippen LogP contribution in [-0.4, -0.2) is 88.7 Å². The Morgan fingerprint density at radius 1 is 1.02 bits per heavy atom. The molecule has 41 heavy (non-hydrogen) atoms. The van der Waals surface area contributed by atoms with Gasteiger partial charge in [0, 0.05) is 0 Å². The molecule has 0 saturated carbocycles. The van der Waals surface area contributed by atoms with Crippen molar-refractivity contribution in [2.24, 2.45) is 0 Å². The van der Waals surface area contributed by atoms with Gasteiger partial charge in [-0.25, -0.2) is 0 Å². The number of hydrogen-bond acceptors (Lipinski definition) is 10. The summed E-state index contributed by atoms with van der Waals surface area (Å²) in [4.78, 5) is 0. The molecule has 0 unspecified atom stereocenters. The van der Waals surface area contributed by atoms with Crippen molar-refractivity contribution in [2.45, 2.75) is 159 Å². The SMILES string of the molecule is C=CCC[C@@H](OS(C)(=O)=O)[C@]1(O)O[C@@H]([C@@H](O[Si](C)(C)C(C)(C)C)[C@H]2COC(CC)(CC)O2)[C@H]2OC(CC)(CC)O[C@H]21. The fraction of sp³-hybridized carbons (Fsp3) is 0.931. The molecule has 3 fully saturated rings. The van der Waals surface area contributed by atoms with Crippen LogP contribution in [0.3, 0.4) is 0 Å². The van der Waals surface area contributed by atoms with Crippen molar-refractivity contribution >= 4 is 18.4 Å². The molecule has 3 aliphatic rings. The van der Waals surface area contributed by atoms with Crippen molar-refractivity contribution in [3.63, 3.8) is 0 Å². The summed E-state index contributed by atoms with van der Waals surface area (Å²) in [6, 6.07) is 0. The smallest absolute Gasteiger partial charge is 0.264 e. The second-order valence-corrected chi connectivity index (χ2v) is 19.5. The highest BCUT2D eigenvalue weighted by atomic mass is 32.2. The van der Waals surface area contributed by atoms with Crippen LogP contribution in [0.15, 0.2) is 12.7 Å². The van der Waals surface area contributed by atoms with Crippen molar-refractivity contribution in [3.05, 3.63) is 12.7 Å². The summed E-state index contributed by atoms with van der Waals surface area (Å²) in [6.45, 7) is 22.7. The first-order chi connectivity index (χ1) is 18.9. The van der Waals surface area contributed by atoms with Gasteiger partial charge in [0.15, 0.2) is 19.9 Å². The number of fused-ring (bicyclic) bond motifs is 1. The molecule has 0 amide bonds. The van der Waals surface area contributed by atoms with Gasteiger partial charge in [-0.15, -0.1) is 6.58 Å². The molecule has 0 radical (unpaired) electrons. The molecule has 0 spiro atoms. The lowest BCUT2D eigenvalue weighted by molar-refractivity contribution is -0.317. The lowest BCUT2D eigenvalue weighted by Crippen LogP contribution is -2.56. The lowest BCUT2D eigenvalue weighted by atomic mass is 9.95. The van der Waals surface area contributed by atoms with Crippen LogP contribution in [0.5, 0.6) is 0 Å². The topological polar surface area (TPSA) is 119 Å². The average molecular weight is 623 g/mol. The van der Waals surface area contributed by atoms with Gasteiger partial charge in [-0.05, 0) is 56.7 Å². The first-order valence-electron chi connectivity index (χ1n) is 15.1. The maximum atomic E-state index is 12.4. The first-order valence-corrected chi connectivity index (χ1v) is 19.8. The Kier molecular flexibility index (Phi) is 10.7. The molecule has 3 aliphatic heterocycles. The number of aliphatic hydroxyl groups is 1. The van der Waals surface area contributed by atoms with Gasteiger partial charge in [0.05, 0.1) is 12.9 Å². The van der Waals surface area contributed by atoms with Crippen LogP contribution >= 0.6 is 0 Å². The molecule has 3 heterocycles. The van der Waals surface area contributed by atoms with Crippen LogP contribution in [0.1, 0.15) is 87.0 Å². The Labute approximate surface area is 248 Å². The predicted molar refractivity (Wildman–Crippen MR) is 158 cm³/mol. The molecule has 3 rings (SSSR count). The summed E-state index contributed by atoms with van der Waals surface area (Å²) in [6.07, 6.45) is 0.374. The monoisotopic (exact) mass is 622 g/mol. The van der Waals surface area contributed by atoms with Crippen molar-refractivity contribution in [3.8, 4) is 0 Å². The third-order valence-corrected chi connectivity index (χ3v) is 14.4. The van der Waals surface area contributed by atoms with Crippen molar-refractivity contribution in [1.82, 2.24) is 0 Å². The van der Waals surface area contributed by atoms with Gasteiger partial charge >= 0.3 is 0 Å². The molecule has 7 atom stereocenters. The van der Waals surface area contributed by atoms with Gasteiger partial charge in [-0.2, -0.15) is 8.42 Å². The molecule has 10 nitrogen and oxygen atoms in total. The van der Waals surface area contributed by atoms with Gasteiger partial charge in [0.1, 0.15) is 36.6 Å². The minimum Gasteiger partial charge on any atom is -0.408 e. The van der Waals surface area contributed by atoms with Crippen molar-refractivity contribution in [1.29, 1.82) is 0 Å². The molecule has 0 aromatic heterocycles. The molecule has 0 aliphatic carbocycles. The second kappa shape index (κ2) is 12.5. The maximum absolute atomic E-state index is 12.4. The third kappa shape index (κ3) is 7.13. The third-order valence-electron chi connectivity index (χ3n) is 9.39. The standard InChI is InChI=1S/C29H54O10SSi/c1-12-17-18-21(38-40(9,31)32)29(30)25-24(35-28(15-4,16-5)37-25)23(36-29)22(39-41(10,11)26(6,7)8)20-19-33-27(13-2,14-3)34-20/h12,20-25,30H,1,13-19H2,2-11H3/t20-,21-,22+,23+,24-,25-,29+/m1/s1. The van der Waals surface area contributed by atoms with Gasteiger partial charge in [-0.1, -0.05) is 54.5 Å². The molecule has 240 valence electrons. The Morgan fingerprint density at radius 3 is 2.07 bits per heavy atom. The maximum Gasteiger partial charge on any atom is 0.264 e. The number of hydrogen-bond donors (Lipinski definition) is 1. The molecule has 0 bridgehead atoms. The van der Waals surface area contributed by atoms with Gasteiger partial charge in [0.2, 0.25) is 5.79 Å². The molecule has 1 N–H and O–H groups in total.